The molecule has 1 aliphatic rings. The number of ether oxygens (including phenoxy) is 1. The van der Waals surface area contributed by atoms with Crippen molar-refractivity contribution in [1.29, 1.82) is 0 Å². The number of hydrogen-bond donors (Lipinski definition) is 1. The molecule has 1 aliphatic heterocycles. The third kappa shape index (κ3) is 3.00. The summed E-state index contributed by atoms with van der Waals surface area (Å²) in [6.07, 6.45) is 4.11. The van der Waals surface area contributed by atoms with Crippen LogP contribution >= 0.6 is 11.6 Å². The highest BCUT2D eigenvalue weighted by atomic mass is 35.5. The summed E-state index contributed by atoms with van der Waals surface area (Å²) in [7, 11) is 2.06. The lowest BCUT2D eigenvalue weighted by Gasteiger charge is -2.27. The molecule has 1 fully saturated rings. The predicted molar refractivity (Wildman–Crippen MR) is 106 cm³/mol. The van der Waals surface area contributed by atoms with Gasteiger partial charge in [-0.15, -0.1) is 0 Å². The Morgan fingerprint density at radius 3 is 2.69 bits per heavy atom. The van der Waals surface area contributed by atoms with Gasteiger partial charge in [-0.1, -0.05) is 29.8 Å². The Bertz CT molecular complexity index is 960. The minimum absolute atomic E-state index is 0.000160. The van der Waals surface area contributed by atoms with Gasteiger partial charge in [0, 0.05) is 40.7 Å². The number of aromatic nitrogens is 1. The van der Waals surface area contributed by atoms with Crippen molar-refractivity contribution < 1.29 is 9.84 Å². The number of phenolic OH excluding ortho intramolecular Hbond substituents is 1. The van der Waals surface area contributed by atoms with Crippen LogP contribution in [0.25, 0.3) is 10.9 Å². The van der Waals surface area contributed by atoms with E-state index in [1.807, 2.05) is 12.1 Å². The van der Waals surface area contributed by atoms with E-state index in [-0.39, 0.29) is 23.4 Å². The largest absolute Gasteiger partial charge is 0.508 e. The Balaban J connectivity index is 1.92. The number of aromatic hydroxyl groups is 1. The molecular formula is C22H24ClNO2. The number of benzene rings is 2. The number of nitrogens with zero attached hydrogens (tertiary/aromatic N) is 1. The minimum Gasteiger partial charge on any atom is -0.508 e. The van der Waals surface area contributed by atoms with Gasteiger partial charge in [-0.05, 0) is 56.5 Å². The summed E-state index contributed by atoms with van der Waals surface area (Å²) < 4.78 is 8.55. The molecule has 0 amide bonds. The average Bonchev–Trinajstić information content (AvgIpc) is 3.12. The fourth-order valence-electron chi connectivity index (χ4n) is 4.22. The van der Waals surface area contributed by atoms with E-state index in [4.69, 9.17) is 16.3 Å². The second kappa shape index (κ2) is 6.33. The number of aryl methyl sites for hydroxylation is 1. The van der Waals surface area contributed by atoms with E-state index in [1.54, 1.807) is 12.1 Å². The summed E-state index contributed by atoms with van der Waals surface area (Å²) in [4.78, 5) is 0. The molecule has 0 saturated carbocycles. The summed E-state index contributed by atoms with van der Waals surface area (Å²) in [5.41, 5.74) is 3.02. The van der Waals surface area contributed by atoms with Crippen LogP contribution in [0.2, 0.25) is 5.02 Å². The zero-order chi connectivity index (χ0) is 18.5. The molecule has 1 saturated heterocycles. The first-order valence-corrected chi connectivity index (χ1v) is 9.44. The fraction of sp³-hybridized carbons (Fsp3) is 0.364. The predicted octanol–water partition coefficient (Wildman–Crippen LogP) is 5.63. The van der Waals surface area contributed by atoms with Crippen LogP contribution in [0.15, 0.2) is 48.7 Å². The topological polar surface area (TPSA) is 34.4 Å². The van der Waals surface area contributed by atoms with Gasteiger partial charge in [0.15, 0.2) is 0 Å². The van der Waals surface area contributed by atoms with Gasteiger partial charge in [0.05, 0.1) is 11.7 Å². The highest BCUT2D eigenvalue weighted by Crippen LogP contribution is 2.45. The molecule has 0 bridgehead atoms. The first-order chi connectivity index (χ1) is 12.4. The Hall–Kier alpha value is -1.97. The highest BCUT2D eigenvalue weighted by Gasteiger charge is 2.39. The maximum Gasteiger partial charge on any atom is 0.119 e. The van der Waals surface area contributed by atoms with Gasteiger partial charge >= 0.3 is 0 Å². The van der Waals surface area contributed by atoms with Crippen molar-refractivity contribution in [2.24, 2.45) is 7.05 Å². The molecular weight excluding hydrogens is 346 g/mol. The second-order valence-electron chi connectivity index (χ2n) is 7.85. The monoisotopic (exact) mass is 369 g/mol. The van der Waals surface area contributed by atoms with Crippen molar-refractivity contribution >= 4 is 22.5 Å². The maximum atomic E-state index is 10.6. The molecule has 0 spiro atoms. The Labute approximate surface area is 159 Å². The van der Waals surface area contributed by atoms with E-state index in [1.165, 1.54) is 16.5 Å². The Morgan fingerprint density at radius 1 is 1.19 bits per heavy atom. The average molecular weight is 370 g/mol. The van der Waals surface area contributed by atoms with Crippen LogP contribution in [0.1, 0.15) is 43.7 Å². The van der Waals surface area contributed by atoms with Gasteiger partial charge < -0.3 is 14.4 Å². The summed E-state index contributed by atoms with van der Waals surface area (Å²) >= 11 is 6.28. The van der Waals surface area contributed by atoms with Crippen molar-refractivity contribution in [2.45, 2.75) is 44.3 Å². The normalized spacial score (nSPS) is 20.5. The third-order valence-corrected chi connectivity index (χ3v) is 5.70. The van der Waals surface area contributed by atoms with Crippen molar-refractivity contribution in [1.82, 2.24) is 4.57 Å². The smallest absolute Gasteiger partial charge is 0.119 e. The van der Waals surface area contributed by atoms with Crippen molar-refractivity contribution in [3.63, 3.8) is 0 Å². The lowest BCUT2D eigenvalue weighted by atomic mass is 9.84. The third-order valence-electron chi connectivity index (χ3n) is 5.46. The van der Waals surface area contributed by atoms with Gasteiger partial charge in [-0.3, -0.25) is 0 Å². The first-order valence-electron chi connectivity index (χ1n) is 9.06. The molecule has 2 atom stereocenters. The molecule has 0 aliphatic carbocycles. The van der Waals surface area contributed by atoms with Crippen LogP contribution in [0.4, 0.5) is 0 Å². The molecule has 0 unspecified atom stereocenters. The van der Waals surface area contributed by atoms with Crippen LogP contribution in [0.5, 0.6) is 5.75 Å². The molecule has 136 valence electrons. The maximum absolute atomic E-state index is 10.6. The number of phenols is 1. The molecule has 4 rings (SSSR count). The Morgan fingerprint density at radius 2 is 1.96 bits per heavy atom. The van der Waals surface area contributed by atoms with Gasteiger partial charge in [-0.25, -0.2) is 0 Å². The molecule has 4 heteroatoms. The van der Waals surface area contributed by atoms with E-state index in [9.17, 15) is 5.11 Å². The molecule has 3 aromatic rings. The lowest BCUT2D eigenvalue weighted by Crippen LogP contribution is -2.25. The lowest BCUT2D eigenvalue weighted by molar-refractivity contribution is -0.0216. The summed E-state index contributed by atoms with van der Waals surface area (Å²) in [6.45, 7) is 4.26. The molecule has 3 nitrogen and oxygen atoms in total. The highest BCUT2D eigenvalue weighted by molar-refractivity contribution is 6.30. The molecule has 2 heterocycles. The number of rotatable bonds is 3. The number of para-hydroxylation sites is 1. The van der Waals surface area contributed by atoms with Gasteiger partial charge in [0.25, 0.3) is 0 Å². The van der Waals surface area contributed by atoms with Crippen molar-refractivity contribution in [2.75, 3.05) is 0 Å². The first kappa shape index (κ1) is 17.4. The number of halogens is 1. The van der Waals surface area contributed by atoms with E-state index >= 15 is 0 Å². The fourth-order valence-corrected chi connectivity index (χ4v) is 4.40. The van der Waals surface area contributed by atoms with Crippen LogP contribution in [-0.2, 0) is 11.8 Å². The summed E-state index contributed by atoms with van der Waals surface area (Å²) in [5, 5.41) is 12.4. The Kier molecular flexibility index (Phi) is 4.25. The molecule has 26 heavy (non-hydrogen) atoms. The molecule has 1 N–H and O–H groups in total. The van der Waals surface area contributed by atoms with E-state index in [2.05, 4.69) is 49.9 Å². The molecule has 1 aromatic heterocycles. The van der Waals surface area contributed by atoms with Gasteiger partial charge in [-0.2, -0.15) is 0 Å². The number of fused-ring (bicyclic) bond motifs is 1. The van der Waals surface area contributed by atoms with Crippen LogP contribution in [0.3, 0.4) is 0 Å². The molecule has 0 radical (unpaired) electrons. The standard InChI is InChI=1S/C22H24ClNO2/c1-22(2)11-10-20(26-22)21(16-12-14(23)8-9-19(16)25)17-13-24(3)18-7-5-4-6-15(17)18/h4-9,12-13,20-21,25H,10-11H2,1-3H3/t20-,21+/m1/s1. The van der Waals surface area contributed by atoms with Gasteiger partial charge in [0.1, 0.15) is 5.75 Å². The van der Waals surface area contributed by atoms with Crippen LogP contribution in [-0.4, -0.2) is 21.4 Å². The van der Waals surface area contributed by atoms with E-state index < -0.39 is 0 Å². The minimum atomic E-state index is -0.151. The van der Waals surface area contributed by atoms with E-state index in [0.29, 0.717) is 5.02 Å². The van der Waals surface area contributed by atoms with E-state index in [0.717, 1.165) is 18.4 Å². The summed E-state index contributed by atoms with van der Waals surface area (Å²) in [5.74, 6) is 0.196. The van der Waals surface area contributed by atoms with Crippen LogP contribution in [0, 0.1) is 0 Å². The summed E-state index contributed by atoms with van der Waals surface area (Å²) in [6, 6.07) is 13.6. The van der Waals surface area contributed by atoms with Crippen molar-refractivity contribution in [3.05, 3.63) is 64.8 Å². The van der Waals surface area contributed by atoms with Crippen molar-refractivity contribution in [3.8, 4) is 5.75 Å². The van der Waals surface area contributed by atoms with Crippen LogP contribution < -0.4 is 0 Å². The number of hydrogen-bond acceptors (Lipinski definition) is 2. The molecule has 2 aromatic carbocycles. The van der Waals surface area contributed by atoms with Gasteiger partial charge in [0.2, 0.25) is 0 Å². The SMILES string of the molecule is Cn1cc([C@H](c2cc(Cl)ccc2O)[C@H]2CCC(C)(C)O2)c2ccccc21. The zero-order valence-electron chi connectivity index (χ0n) is 15.4. The second-order valence-corrected chi connectivity index (χ2v) is 8.28. The zero-order valence-corrected chi connectivity index (χ0v) is 16.1. The quantitative estimate of drug-likeness (QED) is 0.649.